The molecule has 0 saturated carbocycles. The molecule has 1 aliphatic heterocycles. The van der Waals surface area contributed by atoms with Gasteiger partial charge < -0.3 is 9.47 Å². The minimum atomic E-state index is -0.333. The highest BCUT2D eigenvalue weighted by Gasteiger charge is 2.34. The summed E-state index contributed by atoms with van der Waals surface area (Å²) in [7, 11) is 1.70. The van der Waals surface area contributed by atoms with Crippen LogP contribution in [0.3, 0.4) is 0 Å². The number of benzene rings is 1. The molecule has 2 rings (SSSR count). The molecule has 0 amide bonds. The van der Waals surface area contributed by atoms with Crippen LogP contribution in [-0.2, 0) is 22.5 Å². The Morgan fingerprint density at radius 1 is 1.37 bits per heavy atom. The van der Waals surface area contributed by atoms with Gasteiger partial charge in [0.15, 0.2) is 0 Å². The van der Waals surface area contributed by atoms with Crippen molar-refractivity contribution in [2.45, 2.75) is 58.3 Å². The summed E-state index contributed by atoms with van der Waals surface area (Å²) in [6.07, 6.45) is 0.789. The maximum atomic E-state index is 13.6. The van der Waals surface area contributed by atoms with Gasteiger partial charge in [-0.05, 0) is 48.6 Å². The number of fused-ring (bicyclic) bond motifs is 1. The van der Waals surface area contributed by atoms with E-state index in [1.165, 1.54) is 5.56 Å². The van der Waals surface area contributed by atoms with E-state index in [0.29, 0.717) is 12.5 Å². The van der Waals surface area contributed by atoms with Gasteiger partial charge in [0.05, 0.1) is 18.3 Å². The van der Waals surface area contributed by atoms with Crippen LogP contribution in [0, 0.1) is 5.82 Å². The van der Waals surface area contributed by atoms with Crippen molar-refractivity contribution in [2.75, 3.05) is 7.11 Å². The Bertz CT molecular complexity index is 466. The van der Waals surface area contributed by atoms with E-state index >= 15 is 0 Å². The van der Waals surface area contributed by atoms with Gasteiger partial charge in [0.25, 0.3) is 0 Å². The minimum Gasteiger partial charge on any atom is -0.376 e. The van der Waals surface area contributed by atoms with Crippen molar-refractivity contribution < 1.29 is 13.9 Å². The summed E-state index contributed by atoms with van der Waals surface area (Å²) in [6.45, 7) is 8.72. The number of ether oxygens (including phenoxy) is 2. The van der Waals surface area contributed by atoms with Crippen molar-refractivity contribution in [3.8, 4) is 0 Å². The molecule has 0 fully saturated rings. The summed E-state index contributed by atoms with van der Waals surface area (Å²) in [5, 5.41) is 0. The van der Waals surface area contributed by atoms with Crippen molar-refractivity contribution in [1.82, 2.24) is 0 Å². The lowest BCUT2D eigenvalue weighted by Gasteiger charge is -2.37. The van der Waals surface area contributed by atoms with Crippen LogP contribution in [0.25, 0.3) is 0 Å². The molecule has 2 nitrogen and oxygen atoms in total. The molecular weight excluding hydrogens is 243 g/mol. The molecule has 106 valence electrons. The van der Waals surface area contributed by atoms with E-state index in [0.717, 1.165) is 17.5 Å². The maximum absolute atomic E-state index is 13.6. The monoisotopic (exact) mass is 266 g/mol. The fourth-order valence-corrected chi connectivity index (χ4v) is 2.62. The largest absolute Gasteiger partial charge is 0.376 e. The lowest BCUT2D eigenvalue weighted by atomic mass is 9.84. The molecule has 1 aromatic rings. The zero-order valence-corrected chi connectivity index (χ0v) is 12.4. The molecule has 1 atom stereocenters. The van der Waals surface area contributed by atoms with Gasteiger partial charge in [-0.1, -0.05) is 13.8 Å². The molecule has 0 aliphatic carbocycles. The second-order valence-electron chi connectivity index (χ2n) is 6.10. The van der Waals surface area contributed by atoms with Crippen molar-refractivity contribution >= 4 is 0 Å². The topological polar surface area (TPSA) is 18.5 Å². The van der Waals surface area contributed by atoms with Gasteiger partial charge in [0.1, 0.15) is 5.82 Å². The van der Waals surface area contributed by atoms with Crippen molar-refractivity contribution in [3.63, 3.8) is 0 Å². The number of rotatable bonds is 3. The zero-order chi connectivity index (χ0) is 14.2. The van der Waals surface area contributed by atoms with E-state index < -0.39 is 0 Å². The van der Waals surface area contributed by atoms with Gasteiger partial charge in [-0.3, -0.25) is 0 Å². The van der Waals surface area contributed by atoms with Crippen LogP contribution in [0.4, 0.5) is 4.39 Å². The molecule has 0 radical (unpaired) electrons. The highest BCUT2D eigenvalue weighted by atomic mass is 19.1. The second kappa shape index (κ2) is 5.22. The van der Waals surface area contributed by atoms with Gasteiger partial charge >= 0.3 is 0 Å². The Labute approximate surface area is 114 Å². The van der Waals surface area contributed by atoms with Gasteiger partial charge in [-0.2, -0.15) is 0 Å². The van der Waals surface area contributed by atoms with Crippen LogP contribution in [0.1, 0.15) is 50.3 Å². The third kappa shape index (κ3) is 2.82. The molecule has 0 aromatic heterocycles. The van der Waals surface area contributed by atoms with E-state index in [4.69, 9.17) is 9.47 Å². The average molecular weight is 266 g/mol. The number of halogens is 1. The predicted octanol–water partition coefficient (Wildman–Crippen LogP) is 3.82. The Kier molecular flexibility index (Phi) is 3.98. The van der Waals surface area contributed by atoms with E-state index in [2.05, 4.69) is 13.8 Å². The molecule has 0 saturated heterocycles. The first-order chi connectivity index (χ1) is 8.85. The number of hydrogen-bond acceptors (Lipinski definition) is 2. The maximum Gasteiger partial charge on any atom is 0.123 e. The lowest BCUT2D eigenvalue weighted by Crippen LogP contribution is -2.43. The van der Waals surface area contributed by atoms with Crippen molar-refractivity contribution in [1.29, 1.82) is 0 Å². The molecular formula is C16H23FO2. The number of methoxy groups -OCH3 is 1. The molecule has 19 heavy (non-hydrogen) atoms. The first kappa shape index (κ1) is 14.5. The predicted molar refractivity (Wildman–Crippen MR) is 73.9 cm³/mol. The van der Waals surface area contributed by atoms with E-state index in [-0.39, 0.29) is 17.5 Å². The van der Waals surface area contributed by atoms with Crippen LogP contribution in [0.5, 0.6) is 0 Å². The number of hydrogen-bond donors (Lipinski definition) is 0. The molecule has 1 unspecified atom stereocenters. The zero-order valence-electron chi connectivity index (χ0n) is 12.4. The average Bonchev–Trinajstić information content (AvgIpc) is 2.36. The van der Waals surface area contributed by atoms with Crippen LogP contribution < -0.4 is 0 Å². The van der Waals surface area contributed by atoms with Crippen molar-refractivity contribution in [3.05, 3.63) is 34.6 Å². The summed E-state index contributed by atoms with van der Waals surface area (Å²) in [5.41, 5.74) is 2.97. The molecule has 0 N–H and O–H groups in total. The summed E-state index contributed by atoms with van der Waals surface area (Å²) in [4.78, 5) is 0. The Morgan fingerprint density at radius 2 is 2.05 bits per heavy atom. The summed E-state index contributed by atoms with van der Waals surface area (Å²) in [6, 6.07) is 3.25. The smallest absolute Gasteiger partial charge is 0.123 e. The summed E-state index contributed by atoms with van der Waals surface area (Å²) < 4.78 is 25.0. The third-order valence-corrected chi connectivity index (χ3v) is 4.09. The molecule has 1 heterocycles. The van der Waals surface area contributed by atoms with Crippen LogP contribution in [-0.4, -0.2) is 18.8 Å². The van der Waals surface area contributed by atoms with Crippen LogP contribution in [0.2, 0.25) is 0 Å². The Morgan fingerprint density at radius 3 is 2.63 bits per heavy atom. The van der Waals surface area contributed by atoms with Gasteiger partial charge in [0.2, 0.25) is 0 Å². The fraction of sp³-hybridized carbons (Fsp3) is 0.625. The molecule has 1 aliphatic rings. The van der Waals surface area contributed by atoms with Crippen LogP contribution in [0.15, 0.2) is 12.1 Å². The van der Waals surface area contributed by atoms with E-state index in [9.17, 15) is 4.39 Å². The highest BCUT2D eigenvalue weighted by molar-refractivity contribution is 5.39. The summed E-state index contributed by atoms with van der Waals surface area (Å²) in [5.74, 6) is 0.143. The fourth-order valence-electron chi connectivity index (χ4n) is 2.62. The second-order valence-corrected chi connectivity index (χ2v) is 6.10. The third-order valence-electron chi connectivity index (χ3n) is 4.09. The normalized spacial score (nSPS) is 19.6. The lowest BCUT2D eigenvalue weighted by molar-refractivity contribution is -0.120. The first-order valence-electron chi connectivity index (χ1n) is 6.83. The van der Waals surface area contributed by atoms with Crippen molar-refractivity contribution in [2.24, 2.45) is 0 Å². The van der Waals surface area contributed by atoms with Gasteiger partial charge in [-0.15, -0.1) is 0 Å². The van der Waals surface area contributed by atoms with E-state index in [1.54, 1.807) is 19.2 Å². The Balaban J connectivity index is 2.39. The molecule has 0 bridgehead atoms. The standard InChI is InChI=1S/C16H23FO2/c1-10(2)13-7-12(17)6-11-9-19-15(8-14(11)13)16(3,4)18-5/h6-7,10,15H,8-9H2,1-5H3. The molecule has 0 spiro atoms. The van der Waals surface area contributed by atoms with Crippen LogP contribution >= 0.6 is 0 Å². The SMILES string of the molecule is COC(C)(C)C1Cc2c(cc(F)cc2C(C)C)CO1. The van der Waals surface area contributed by atoms with Gasteiger partial charge in [-0.25, -0.2) is 4.39 Å². The molecule has 1 aromatic carbocycles. The Hall–Kier alpha value is -0.930. The first-order valence-corrected chi connectivity index (χ1v) is 6.83. The highest BCUT2D eigenvalue weighted by Crippen LogP contribution is 2.33. The van der Waals surface area contributed by atoms with E-state index in [1.807, 2.05) is 13.8 Å². The minimum absolute atomic E-state index is 0.00737. The summed E-state index contributed by atoms with van der Waals surface area (Å²) >= 11 is 0. The van der Waals surface area contributed by atoms with Gasteiger partial charge in [0, 0.05) is 13.5 Å². The molecule has 3 heteroatoms. The quantitative estimate of drug-likeness (QED) is 0.828.